The van der Waals surface area contributed by atoms with Gasteiger partial charge >= 0.3 is 0 Å². The second kappa shape index (κ2) is 7.45. The van der Waals surface area contributed by atoms with Gasteiger partial charge in [0.25, 0.3) is 5.91 Å². The monoisotopic (exact) mass is 364 g/mol. The Bertz CT molecular complexity index is 1020. The van der Waals surface area contributed by atoms with Crippen molar-refractivity contribution in [2.75, 3.05) is 5.73 Å². The molecule has 0 unspecified atom stereocenters. The van der Waals surface area contributed by atoms with Crippen molar-refractivity contribution in [3.8, 4) is 5.69 Å². The maximum absolute atomic E-state index is 13.2. The summed E-state index contributed by atoms with van der Waals surface area (Å²) in [5, 5.41) is 4.18. The number of halogens is 1. The lowest BCUT2D eigenvalue weighted by molar-refractivity contribution is 0.0954. The summed E-state index contributed by atoms with van der Waals surface area (Å²) in [4.78, 5) is 12.6. The lowest BCUT2D eigenvalue weighted by Crippen LogP contribution is -2.20. The Morgan fingerprint density at radius 2 is 1.81 bits per heavy atom. The number of nitrogen functional groups attached to an aromatic ring is 1. The van der Waals surface area contributed by atoms with Gasteiger partial charge < -0.3 is 10.3 Å². The van der Waals surface area contributed by atoms with Gasteiger partial charge in [-0.2, -0.15) is 5.10 Å². The molecule has 0 saturated carbocycles. The van der Waals surface area contributed by atoms with E-state index < -0.39 is 0 Å². The van der Waals surface area contributed by atoms with E-state index in [2.05, 4.69) is 10.5 Å². The lowest BCUT2D eigenvalue weighted by Gasteiger charge is -2.09. The van der Waals surface area contributed by atoms with Gasteiger partial charge in [-0.15, -0.1) is 0 Å². The standard InChI is InChI=1S/C21H21FN4O/c1-13-11-20(15(3)26(13)19-9-7-17(22)8-10-19)21(27)25-24-14(2)16-5-4-6-18(23)12-16/h4-12H,23H2,1-3H3,(H,25,27)/b24-14+. The number of amides is 1. The number of benzene rings is 2. The predicted octanol–water partition coefficient (Wildman–Crippen LogP) is 3.97. The minimum absolute atomic E-state index is 0.300. The third-order valence-corrected chi connectivity index (χ3v) is 4.39. The first-order valence-corrected chi connectivity index (χ1v) is 8.52. The molecule has 0 aliphatic heterocycles. The Balaban J connectivity index is 1.84. The lowest BCUT2D eigenvalue weighted by atomic mass is 10.1. The molecule has 0 radical (unpaired) electrons. The van der Waals surface area contributed by atoms with E-state index in [4.69, 9.17) is 5.73 Å². The van der Waals surface area contributed by atoms with Crippen molar-refractivity contribution in [1.29, 1.82) is 0 Å². The van der Waals surface area contributed by atoms with Gasteiger partial charge in [-0.3, -0.25) is 4.79 Å². The number of hydrazone groups is 1. The van der Waals surface area contributed by atoms with Crippen LogP contribution in [0.3, 0.4) is 0 Å². The van der Waals surface area contributed by atoms with Gasteiger partial charge in [-0.1, -0.05) is 12.1 Å². The largest absolute Gasteiger partial charge is 0.399 e. The fourth-order valence-electron chi connectivity index (χ4n) is 3.00. The van der Waals surface area contributed by atoms with Crippen molar-refractivity contribution in [3.05, 3.63) is 82.9 Å². The van der Waals surface area contributed by atoms with E-state index in [0.717, 1.165) is 22.6 Å². The van der Waals surface area contributed by atoms with Crippen molar-refractivity contribution in [2.45, 2.75) is 20.8 Å². The molecule has 0 atom stereocenters. The first-order chi connectivity index (χ1) is 12.9. The van der Waals surface area contributed by atoms with E-state index in [0.29, 0.717) is 17.0 Å². The van der Waals surface area contributed by atoms with E-state index >= 15 is 0 Å². The van der Waals surface area contributed by atoms with Crippen LogP contribution in [0.5, 0.6) is 0 Å². The van der Waals surface area contributed by atoms with Gasteiger partial charge in [0.1, 0.15) is 5.82 Å². The quantitative estimate of drug-likeness (QED) is 0.418. The number of hydrogen-bond donors (Lipinski definition) is 2. The first kappa shape index (κ1) is 18.4. The normalized spacial score (nSPS) is 11.5. The zero-order chi connectivity index (χ0) is 19.6. The number of anilines is 1. The molecule has 0 fully saturated rings. The molecule has 2 aromatic carbocycles. The molecule has 3 rings (SSSR count). The number of aromatic nitrogens is 1. The van der Waals surface area contributed by atoms with Crippen molar-refractivity contribution >= 4 is 17.3 Å². The van der Waals surface area contributed by atoms with Crippen LogP contribution in [0.1, 0.15) is 34.2 Å². The summed E-state index contributed by atoms with van der Waals surface area (Å²) in [7, 11) is 0. The van der Waals surface area contributed by atoms with Crippen LogP contribution in [-0.4, -0.2) is 16.2 Å². The van der Waals surface area contributed by atoms with Crippen LogP contribution in [0, 0.1) is 19.7 Å². The van der Waals surface area contributed by atoms with Gasteiger partial charge in [0.2, 0.25) is 0 Å². The summed E-state index contributed by atoms with van der Waals surface area (Å²) in [5.41, 5.74) is 13.4. The number of carbonyl (C=O) groups is 1. The molecule has 3 N–H and O–H groups in total. The van der Waals surface area contributed by atoms with Crippen molar-refractivity contribution < 1.29 is 9.18 Å². The average molecular weight is 364 g/mol. The zero-order valence-corrected chi connectivity index (χ0v) is 15.5. The fraction of sp³-hybridized carbons (Fsp3) is 0.143. The molecule has 27 heavy (non-hydrogen) atoms. The number of nitrogens with zero attached hydrogens (tertiary/aromatic N) is 2. The minimum atomic E-state index is -0.306. The molecule has 0 spiro atoms. The summed E-state index contributed by atoms with van der Waals surface area (Å²) in [6.07, 6.45) is 0. The van der Waals surface area contributed by atoms with Gasteiger partial charge in [-0.25, -0.2) is 9.82 Å². The van der Waals surface area contributed by atoms with Crippen LogP contribution in [0.25, 0.3) is 5.69 Å². The predicted molar refractivity (Wildman–Crippen MR) is 106 cm³/mol. The highest BCUT2D eigenvalue weighted by Crippen LogP contribution is 2.21. The highest BCUT2D eigenvalue weighted by molar-refractivity contribution is 6.01. The number of nitrogens with one attached hydrogen (secondary N) is 1. The van der Waals surface area contributed by atoms with Crippen LogP contribution < -0.4 is 11.2 Å². The fourth-order valence-corrected chi connectivity index (χ4v) is 3.00. The van der Waals surface area contributed by atoms with Gasteiger partial charge in [-0.05, 0) is 68.8 Å². The molecular formula is C21H21FN4O. The molecule has 0 saturated heterocycles. The molecule has 1 aromatic heterocycles. The molecule has 6 heteroatoms. The van der Waals surface area contributed by atoms with E-state index in [1.807, 2.05) is 30.5 Å². The zero-order valence-electron chi connectivity index (χ0n) is 15.5. The summed E-state index contributed by atoms with van der Waals surface area (Å²) in [6.45, 7) is 5.55. The summed E-state index contributed by atoms with van der Waals surface area (Å²) >= 11 is 0. The van der Waals surface area contributed by atoms with Crippen LogP contribution >= 0.6 is 0 Å². The average Bonchev–Trinajstić information content (AvgIpc) is 2.94. The van der Waals surface area contributed by atoms with Crippen LogP contribution in [0.4, 0.5) is 10.1 Å². The number of rotatable bonds is 4. The molecule has 5 nitrogen and oxygen atoms in total. The smallest absolute Gasteiger partial charge is 0.273 e. The van der Waals surface area contributed by atoms with Crippen LogP contribution in [0.15, 0.2) is 59.7 Å². The maximum Gasteiger partial charge on any atom is 0.273 e. The molecule has 0 bridgehead atoms. The van der Waals surface area contributed by atoms with Crippen LogP contribution in [-0.2, 0) is 0 Å². The Labute approximate surface area is 157 Å². The molecule has 1 amide bonds. The number of aryl methyl sites for hydroxylation is 1. The van der Waals surface area contributed by atoms with Crippen molar-refractivity contribution in [3.63, 3.8) is 0 Å². The van der Waals surface area contributed by atoms with E-state index in [-0.39, 0.29) is 11.7 Å². The van der Waals surface area contributed by atoms with Crippen molar-refractivity contribution in [1.82, 2.24) is 9.99 Å². The third-order valence-electron chi connectivity index (χ3n) is 4.39. The highest BCUT2D eigenvalue weighted by atomic mass is 19.1. The van der Waals surface area contributed by atoms with E-state index in [1.54, 1.807) is 37.3 Å². The number of carbonyl (C=O) groups excluding carboxylic acids is 1. The topological polar surface area (TPSA) is 72.4 Å². The van der Waals surface area contributed by atoms with Gasteiger partial charge in [0.15, 0.2) is 0 Å². The second-order valence-electron chi connectivity index (χ2n) is 6.36. The van der Waals surface area contributed by atoms with E-state index in [1.165, 1.54) is 12.1 Å². The van der Waals surface area contributed by atoms with Crippen LogP contribution in [0.2, 0.25) is 0 Å². The second-order valence-corrected chi connectivity index (χ2v) is 6.36. The Hall–Kier alpha value is -3.41. The summed E-state index contributed by atoms with van der Waals surface area (Å²) in [6, 6.07) is 15.2. The highest BCUT2D eigenvalue weighted by Gasteiger charge is 2.16. The molecule has 0 aliphatic rings. The number of hydrogen-bond acceptors (Lipinski definition) is 3. The number of nitrogens with two attached hydrogens (primary N) is 1. The Kier molecular flexibility index (Phi) is 5.07. The first-order valence-electron chi connectivity index (χ1n) is 8.52. The minimum Gasteiger partial charge on any atom is -0.399 e. The summed E-state index contributed by atoms with van der Waals surface area (Å²) in [5.74, 6) is -0.606. The Morgan fingerprint density at radius 3 is 2.48 bits per heavy atom. The van der Waals surface area contributed by atoms with Gasteiger partial charge in [0, 0.05) is 22.8 Å². The Morgan fingerprint density at radius 1 is 1.11 bits per heavy atom. The van der Waals surface area contributed by atoms with E-state index in [9.17, 15) is 9.18 Å². The molecule has 0 aliphatic carbocycles. The maximum atomic E-state index is 13.2. The molecule has 1 heterocycles. The van der Waals surface area contributed by atoms with Crippen molar-refractivity contribution in [2.24, 2.45) is 5.10 Å². The third kappa shape index (κ3) is 3.89. The molecule has 3 aromatic rings. The van der Waals surface area contributed by atoms with Gasteiger partial charge in [0.05, 0.1) is 11.3 Å². The molecule has 138 valence electrons. The molecular weight excluding hydrogens is 343 g/mol. The SMILES string of the molecule is C/C(=N\NC(=O)c1cc(C)n(-c2ccc(F)cc2)c1C)c1cccc(N)c1. The summed E-state index contributed by atoms with van der Waals surface area (Å²) < 4.78 is 15.1.